The minimum atomic E-state index is 0.389. The van der Waals surface area contributed by atoms with Crippen molar-refractivity contribution in [3.05, 3.63) is 0 Å². The van der Waals surface area contributed by atoms with Crippen LogP contribution in [0.15, 0.2) is 0 Å². The summed E-state index contributed by atoms with van der Waals surface area (Å²) in [4.78, 5) is 0. The van der Waals surface area contributed by atoms with E-state index in [0.29, 0.717) is 11.2 Å². The van der Waals surface area contributed by atoms with Crippen molar-refractivity contribution in [2.75, 3.05) is 0 Å². The Kier molecular flexibility index (Phi) is 5.14. The maximum atomic E-state index is 3.25. The Morgan fingerprint density at radius 2 is 2.00 bits per heavy atom. The molecule has 67 valence electrons. The van der Waals surface area contributed by atoms with Crippen LogP contribution in [0.3, 0.4) is 0 Å². The highest BCUT2D eigenvalue weighted by molar-refractivity contribution is 6.36. The molecule has 0 aliphatic heterocycles. The molecule has 0 unspecified atom stereocenters. The highest BCUT2D eigenvalue weighted by atomic mass is 14.2. The maximum absolute atomic E-state index is 3.25. The molecule has 0 N–H and O–H groups in total. The van der Waals surface area contributed by atoms with Crippen LogP contribution in [0.2, 0.25) is 12.6 Å². The van der Waals surface area contributed by atoms with Crippen molar-refractivity contribution in [3.8, 4) is 11.8 Å². The lowest BCUT2D eigenvalue weighted by atomic mass is 9.68. The Bertz CT molecular complexity index is 171. The summed E-state index contributed by atoms with van der Waals surface area (Å²) in [5, 5.41) is 0. The van der Waals surface area contributed by atoms with Gasteiger partial charge in [-0.25, -0.2) is 0 Å². The quantitative estimate of drug-likeness (QED) is 0.442. The van der Waals surface area contributed by atoms with E-state index in [1.54, 1.807) is 0 Å². The molecule has 0 spiro atoms. The first-order chi connectivity index (χ1) is 5.52. The molecule has 0 aliphatic rings. The molecule has 1 atom stereocenters. The van der Waals surface area contributed by atoms with Gasteiger partial charge in [-0.1, -0.05) is 40.9 Å². The van der Waals surface area contributed by atoms with E-state index in [1.807, 2.05) is 0 Å². The van der Waals surface area contributed by atoms with Crippen molar-refractivity contribution in [1.82, 2.24) is 0 Å². The Hall–Kier alpha value is -0.375. The second kappa shape index (κ2) is 5.30. The van der Waals surface area contributed by atoms with Gasteiger partial charge in [-0.05, 0) is 11.2 Å². The molecule has 12 heavy (non-hydrogen) atoms. The smallest absolute Gasteiger partial charge is 0.109 e. The summed E-state index contributed by atoms with van der Waals surface area (Å²) >= 11 is 0. The van der Waals surface area contributed by atoms with E-state index in [9.17, 15) is 0 Å². The van der Waals surface area contributed by atoms with Crippen LogP contribution >= 0.6 is 0 Å². The lowest BCUT2D eigenvalue weighted by Gasteiger charge is -2.18. The second-order valence-electron chi connectivity index (χ2n) is 4.14. The van der Waals surface area contributed by atoms with Gasteiger partial charge in [-0.3, -0.25) is 0 Å². The summed E-state index contributed by atoms with van der Waals surface area (Å²) in [7, 11) is 2.13. The summed E-state index contributed by atoms with van der Waals surface area (Å²) in [6.07, 6.45) is 2.22. The van der Waals surface area contributed by atoms with Crippen LogP contribution < -0.4 is 0 Å². The van der Waals surface area contributed by atoms with Crippen molar-refractivity contribution in [3.63, 3.8) is 0 Å². The predicted molar refractivity (Wildman–Crippen MR) is 57.5 cm³/mol. The number of hydrogen-bond acceptors (Lipinski definition) is 0. The van der Waals surface area contributed by atoms with Gasteiger partial charge in [0, 0.05) is 6.42 Å². The summed E-state index contributed by atoms with van der Waals surface area (Å²) < 4.78 is 0. The Morgan fingerprint density at radius 3 is 2.42 bits per heavy atom. The second-order valence-corrected chi connectivity index (χ2v) is 4.14. The van der Waals surface area contributed by atoms with Gasteiger partial charge in [0.1, 0.15) is 7.28 Å². The van der Waals surface area contributed by atoms with Gasteiger partial charge in [-0.2, -0.15) is 0 Å². The van der Waals surface area contributed by atoms with Crippen molar-refractivity contribution >= 4 is 7.28 Å². The topological polar surface area (TPSA) is 0 Å². The molecule has 0 amide bonds. The van der Waals surface area contributed by atoms with E-state index in [4.69, 9.17) is 0 Å². The van der Waals surface area contributed by atoms with E-state index in [1.165, 1.54) is 6.42 Å². The van der Waals surface area contributed by atoms with Crippen molar-refractivity contribution in [1.29, 1.82) is 0 Å². The Labute approximate surface area is 78.4 Å². The third kappa shape index (κ3) is 5.30. The molecular weight excluding hydrogens is 143 g/mol. The normalized spacial score (nSPS) is 13.1. The largest absolute Gasteiger partial charge is 0.126 e. The molecule has 0 saturated heterocycles. The highest BCUT2D eigenvalue weighted by Gasteiger charge is 2.12. The van der Waals surface area contributed by atoms with Crippen LogP contribution in [0.5, 0.6) is 0 Å². The van der Waals surface area contributed by atoms with Gasteiger partial charge in [0.2, 0.25) is 0 Å². The predicted octanol–water partition coefficient (Wildman–Crippen LogP) is 3.38. The standard InChI is InChI=1S/C11H20B/c1-6-11(3,4)9-7-8-10(2)12-5/h10H,6,9H2,1-5H3/t10-/m1/s1. The zero-order valence-electron chi connectivity index (χ0n) is 9.07. The Balaban J connectivity index is 3.85. The SMILES string of the molecule is C[B][C@H](C)C#CCC(C)(C)CC. The van der Waals surface area contributed by atoms with E-state index < -0.39 is 0 Å². The van der Waals surface area contributed by atoms with E-state index in [2.05, 4.69) is 53.6 Å². The molecule has 1 heteroatoms. The van der Waals surface area contributed by atoms with E-state index >= 15 is 0 Å². The minimum absolute atomic E-state index is 0.389. The monoisotopic (exact) mass is 163 g/mol. The molecule has 0 nitrogen and oxygen atoms in total. The van der Waals surface area contributed by atoms with Gasteiger partial charge in [0.25, 0.3) is 0 Å². The van der Waals surface area contributed by atoms with Crippen molar-refractivity contribution in [2.45, 2.75) is 53.2 Å². The third-order valence-electron chi connectivity index (χ3n) is 2.35. The van der Waals surface area contributed by atoms with Gasteiger partial charge in [0.05, 0.1) is 0 Å². The van der Waals surface area contributed by atoms with Crippen LogP contribution in [0.25, 0.3) is 0 Å². The minimum Gasteiger partial charge on any atom is -0.109 e. The zero-order chi connectivity index (χ0) is 9.61. The molecule has 0 saturated carbocycles. The van der Waals surface area contributed by atoms with Gasteiger partial charge >= 0.3 is 0 Å². The zero-order valence-corrected chi connectivity index (χ0v) is 9.07. The molecule has 0 bridgehead atoms. The van der Waals surface area contributed by atoms with E-state index in [0.717, 1.165) is 6.42 Å². The first kappa shape index (κ1) is 11.6. The molecule has 0 aromatic rings. The molecular formula is C11H20B. The molecule has 0 heterocycles. The first-order valence-electron chi connectivity index (χ1n) is 4.79. The summed E-state index contributed by atoms with van der Waals surface area (Å²) in [5.74, 6) is 6.91. The lowest BCUT2D eigenvalue weighted by molar-refractivity contribution is 0.363. The summed E-state index contributed by atoms with van der Waals surface area (Å²) in [6, 6.07) is 0. The number of rotatable bonds is 3. The third-order valence-corrected chi connectivity index (χ3v) is 2.35. The van der Waals surface area contributed by atoms with Gasteiger partial charge in [-0.15, -0.1) is 11.8 Å². The van der Waals surface area contributed by atoms with Crippen LogP contribution in [-0.4, -0.2) is 7.28 Å². The van der Waals surface area contributed by atoms with Crippen LogP contribution in [0.1, 0.15) is 40.5 Å². The molecule has 0 aliphatic carbocycles. The van der Waals surface area contributed by atoms with Crippen LogP contribution in [0.4, 0.5) is 0 Å². The fraction of sp³-hybridized carbons (Fsp3) is 0.818. The molecule has 0 rings (SSSR count). The first-order valence-corrected chi connectivity index (χ1v) is 4.79. The molecule has 0 aromatic carbocycles. The average molecular weight is 163 g/mol. The maximum Gasteiger partial charge on any atom is 0.126 e. The van der Waals surface area contributed by atoms with Crippen LogP contribution in [0, 0.1) is 17.3 Å². The van der Waals surface area contributed by atoms with Crippen molar-refractivity contribution < 1.29 is 0 Å². The highest BCUT2D eigenvalue weighted by Crippen LogP contribution is 2.23. The van der Waals surface area contributed by atoms with E-state index in [-0.39, 0.29) is 0 Å². The summed E-state index contributed by atoms with van der Waals surface area (Å²) in [6.45, 7) is 10.9. The van der Waals surface area contributed by atoms with Gasteiger partial charge in [0.15, 0.2) is 0 Å². The lowest BCUT2D eigenvalue weighted by Crippen LogP contribution is -2.07. The average Bonchev–Trinajstić information content (AvgIpc) is 2.04. The van der Waals surface area contributed by atoms with Crippen molar-refractivity contribution in [2.24, 2.45) is 5.41 Å². The van der Waals surface area contributed by atoms with Gasteiger partial charge < -0.3 is 0 Å². The fourth-order valence-electron chi connectivity index (χ4n) is 0.660. The summed E-state index contributed by atoms with van der Waals surface area (Å²) in [5.41, 5.74) is 0.389. The fourth-order valence-corrected chi connectivity index (χ4v) is 0.660. The Morgan fingerprint density at radius 1 is 1.42 bits per heavy atom. The molecule has 0 aromatic heterocycles. The molecule has 1 radical (unpaired) electrons. The van der Waals surface area contributed by atoms with Crippen LogP contribution in [-0.2, 0) is 0 Å². The molecule has 0 fully saturated rings. The number of hydrogen-bond donors (Lipinski definition) is 0.